The van der Waals surface area contributed by atoms with Crippen LogP contribution in [0.1, 0.15) is 10.4 Å². The fourth-order valence-electron chi connectivity index (χ4n) is 2.88. The first kappa shape index (κ1) is 12.6. The van der Waals surface area contributed by atoms with E-state index in [9.17, 15) is 9.59 Å². The maximum atomic E-state index is 12.7. The minimum atomic E-state index is -0.427. The number of ether oxygens (including phenoxy) is 1. The van der Waals surface area contributed by atoms with Crippen LogP contribution in [-0.4, -0.2) is 22.1 Å². The molecule has 0 aliphatic carbocycles. The Labute approximate surface area is 124 Å². The third-order valence-electron chi connectivity index (χ3n) is 3.87. The van der Waals surface area contributed by atoms with E-state index in [1.54, 1.807) is 21.3 Å². The van der Waals surface area contributed by atoms with Gasteiger partial charge in [-0.05, 0) is 18.2 Å². The van der Waals surface area contributed by atoms with E-state index < -0.39 is 5.97 Å². The highest BCUT2D eigenvalue weighted by Crippen LogP contribution is 2.21. The van der Waals surface area contributed by atoms with Gasteiger partial charge in [-0.15, -0.1) is 0 Å². The third kappa shape index (κ3) is 1.53. The van der Waals surface area contributed by atoms with Gasteiger partial charge >= 0.3 is 5.97 Å². The third-order valence-corrected chi connectivity index (χ3v) is 3.87. The number of methoxy groups -OCH3 is 1. The smallest absolute Gasteiger partial charge is 0.340 e. The number of rotatable bonds is 1. The molecule has 4 rings (SSSR count). The number of para-hydroxylation sites is 2. The fourth-order valence-corrected chi connectivity index (χ4v) is 2.88. The average Bonchev–Trinajstić information content (AvgIpc) is 2.87. The van der Waals surface area contributed by atoms with E-state index >= 15 is 0 Å². The molecule has 0 radical (unpaired) electrons. The first-order chi connectivity index (χ1) is 10.7. The van der Waals surface area contributed by atoms with Gasteiger partial charge in [0, 0.05) is 11.6 Å². The van der Waals surface area contributed by atoms with Gasteiger partial charge in [-0.25, -0.2) is 9.31 Å². The number of hydrogen-bond donors (Lipinski definition) is 0. The van der Waals surface area contributed by atoms with Crippen molar-refractivity contribution in [3.63, 3.8) is 0 Å². The predicted octanol–water partition coefficient (Wildman–Crippen LogP) is 2.49. The molecule has 0 bridgehead atoms. The second-order valence-corrected chi connectivity index (χ2v) is 5.03. The summed E-state index contributed by atoms with van der Waals surface area (Å²) >= 11 is 0. The van der Waals surface area contributed by atoms with Crippen molar-refractivity contribution in [2.75, 3.05) is 7.11 Å². The van der Waals surface area contributed by atoms with Gasteiger partial charge in [-0.1, -0.05) is 30.3 Å². The Bertz CT molecular complexity index is 1110. The van der Waals surface area contributed by atoms with E-state index in [-0.39, 0.29) is 5.56 Å². The van der Waals surface area contributed by atoms with Crippen molar-refractivity contribution < 1.29 is 9.53 Å². The minimum Gasteiger partial charge on any atom is -0.465 e. The van der Waals surface area contributed by atoms with Crippen molar-refractivity contribution in [1.82, 2.24) is 9.03 Å². The summed E-state index contributed by atoms with van der Waals surface area (Å²) in [6, 6.07) is 14.6. The number of hydrogen-bond acceptors (Lipinski definition) is 3. The van der Waals surface area contributed by atoms with Gasteiger partial charge in [0.05, 0.1) is 29.1 Å². The van der Waals surface area contributed by atoms with E-state index in [0.29, 0.717) is 21.9 Å². The highest BCUT2D eigenvalue weighted by atomic mass is 16.5. The number of aromatic nitrogens is 2. The van der Waals surface area contributed by atoms with Gasteiger partial charge in [0.25, 0.3) is 5.56 Å². The van der Waals surface area contributed by atoms with Crippen LogP contribution in [0.15, 0.2) is 59.5 Å². The Morgan fingerprint density at radius 1 is 0.955 bits per heavy atom. The summed E-state index contributed by atoms with van der Waals surface area (Å²) in [4.78, 5) is 24.8. The summed E-state index contributed by atoms with van der Waals surface area (Å²) in [5.74, 6) is -0.427. The van der Waals surface area contributed by atoms with Gasteiger partial charge in [0.15, 0.2) is 0 Å². The van der Waals surface area contributed by atoms with Gasteiger partial charge in [0.2, 0.25) is 0 Å². The fraction of sp³-hybridized carbons (Fsp3) is 0.0588. The minimum absolute atomic E-state index is 0.108. The zero-order valence-electron chi connectivity index (χ0n) is 11.8. The summed E-state index contributed by atoms with van der Waals surface area (Å²) < 4.78 is 8.15. The van der Waals surface area contributed by atoms with Crippen molar-refractivity contribution in [2.24, 2.45) is 0 Å². The van der Waals surface area contributed by atoms with Crippen LogP contribution in [0, 0.1) is 0 Å². The summed E-state index contributed by atoms with van der Waals surface area (Å²) in [6.45, 7) is 0. The van der Waals surface area contributed by atoms with Crippen LogP contribution < -0.4 is 5.56 Å². The molecule has 0 N–H and O–H groups in total. The summed E-state index contributed by atoms with van der Waals surface area (Å²) in [6.07, 6.45) is 1.65. The second-order valence-electron chi connectivity index (χ2n) is 5.03. The molecule has 4 aromatic rings. The van der Waals surface area contributed by atoms with Crippen molar-refractivity contribution >= 4 is 27.8 Å². The first-order valence-corrected chi connectivity index (χ1v) is 6.84. The van der Waals surface area contributed by atoms with E-state index in [2.05, 4.69) is 0 Å². The molecule has 0 aliphatic heterocycles. The lowest BCUT2D eigenvalue weighted by Gasteiger charge is -2.09. The lowest BCUT2D eigenvalue weighted by Crippen LogP contribution is -2.15. The van der Waals surface area contributed by atoms with Crippen molar-refractivity contribution in [3.05, 3.63) is 70.6 Å². The van der Waals surface area contributed by atoms with E-state index in [4.69, 9.17) is 4.74 Å². The lowest BCUT2D eigenvalue weighted by atomic mass is 10.1. The van der Waals surface area contributed by atoms with Crippen molar-refractivity contribution in [3.8, 4) is 0 Å². The highest BCUT2D eigenvalue weighted by molar-refractivity contribution is 6.03. The van der Waals surface area contributed by atoms with Crippen LogP contribution in [0.4, 0.5) is 0 Å². The number of carbonyl (C=O) groups is 1. The highest BCUT2D eigenvalue weighted by Gasteiger charge is 2.17. The molecule has 2 aromatic carbocycles. The zero-order valence-corrected chi connectivity index (χ0v) is 11.8. The zero-order chi connectivity index (χ0) is 15.3. The van der Waals surface area contributed by atoms with Crippen LogP contribution in [0.5, 0.6) is 0 Å². The van der Waals surface area contributed by atoms with Crippen molar-refractivity contribution in [1.29, 1.82) is 0 Å². The van der Waals surface area contributed by atoms with E-state index in [0.717, 1.165) is 5.52 Å². The summed E-state index contributed by atoms with van der Waals surface area (Å²) in [7, 11) is 1.35. The number of nitrogens with zero attached hydrogens (tertiary/aromatic N) is 2. The summed E-state index contributed by atoms with van der Waals surface area (Å²) in [5.41, 5.74) is 1.75. The predicted molar refractivity (Wildman–Crippen MR) is 83.5 cm³/mol. The largest absolute Gasteiger partial charge is 0.465 e. The molecule has 22 heavy (non-hydrogen) atoms. The second kappa shape index (κ2) is 4.46. The molecule has 5 heteroatoms. The van der Waals surface area contributed by atoms with E-state index in [1.165, 1.54) is 7.11 Å². The van der Waals surface area contributed by atoms with Gasteiger partial charge < -0.3 is 4.74 Å². The van der Waals surface area contributed by atoms with Crippen LogP contribution in [-0.2, 0) is 4.74 Å². The molecule has 0 amide bonds. The SMILES string of the molecule is COC(=O)c1cn2c3ccccc3c(=O)n2c2ccccc12. The van der Waals surface area contributed by atoms with Crippen LogP contribution in [0.2, 0.25) is 0 Å². The molecule has 0 unspecified atom stereocenters. The van der Waals surface area contributed by atoms with Gasteiger partial charge in [-0.2, -0.15) is 0 Å². The Kier molecular flexibility index (Phi) is 2.56. The van der Waals surface area contributed by atoms with Crippen LogP contribution >= 0.6 is 0 Å². The number of fused-ring (bicyclic) bond motifs is 5. The number of carbonyl (C=O) groups excluding carboxylic acids is 1. The van der Waals surface area contributed by atoms with Crippen molar-refractivity contribution in [2.45, 2.75) is 0 Å². The molecule has 0 aliphatic rings. The molecule has 0 saturated heterocycles. The van der Waals surface area contributed by atoms with Crippen LogP contribution in [0.3, 0.4) is 0 Å². The normalized spacial score (nSPS) is 11.3. The molecular formula is C17H12N2O3. The molecule has 2 aromatic heterocycles. The average molecular weight is 292 g/mol. The first-order valence-electron chi connectivity index (χ1n) is 6.84. The van der Waals surface area contributed by atoms with Gasteiger partial charge in [-0.3, -0.25) is 9.31 Å². The molecule has 2 heterocycles. The Balaban J connectivity index is 2.34. The molecule has 0 fully saturated rings. The molecule has 0 atom stereocenters. The standard InChI is InChI=1S/C17H12N2O3/c1-22-17(21)13-10-18-14-8-4-3-7-12(14)16(20)19(18)15-9-5-2-6-11(13)15/h2-10H,1H3. The molecule has 5 nitrogen and oxygen atoms in total. The Morgan fingerprint density at radius 3 is 2.32 bits per heavy atom. The quantitative estimate of drug-likeness (QED) is 0.506. The maximum Gasteiger partial charge on any atom is 0.340 e. The van der Waals surface area contributed by atoms with Crippen LogP contribution in [0.25, 0.3) is 21.8 Å². The molecule has 0 spiro atoms. The lowest BCUT2D eigenvalue weighted by molar-refractivity contribution is 0.0602. The monoisotopic (exact) mass is 292 g/mol. The molecular weight excluding hydrogens is 280 g/mol. The Morgan fingerprint density at radius 2 is 1.59 bits per heavy atom. The van der Waals surface area contributed by atoms with Gasteiger partial charge in [0.1, 0.15) is 0 Å². The topological polar surface area (TPSA) is 52.2 Å². The maximum absolute atomic E-state index is 12.7. The molecule has 108 valence electrons. The number of benzene rings is 2. The number of esters is 1. The summed E-state index contributed by atoms with van der Waals surface area (Å²) in [5, 5.41) is 1.30. The molecule has 0 saturated carbocycles. The van der Waals surface area contributed by atoms with E-state index in [1.807, 2.05) is 42.5 Å². The Hall–Kier alpha value is -3.08.